The number of aromatic nitrogens is 6. The van der Waals surface area contributed by atoms with Gasteiger partial charge in [0.05, 0.1) is 11.3 Å². The molecule has 0 saturated carbocycles. The Morgan fingerprint density at radius 1 is 1.07 bits per heavy atom. The van der Waals surface area contributed by atoms with Gasteiger partial charge in [-0.3, -0.25) is 18.9 Å². The fourth-order valence-corrected chi connectivity index (χ4v) is 5.79. The summed E-state index contributed by atoms with van der Waals surface area (Å²) in [5.41, 5.74) is 5.01. The van der Waals surface area contributed by atoms with Crippen LogP contribution >= 0.6 is 0 Å². The molecule has 10 heteroatoms. The minimum atomic E-state index is -0.595. The van der Waals surface area contributed by atoms with Crippen LogP contribution in [-0.2, 0) is 17.6 Å². The molecular formula is C30H32N6O4. The van der Waals surface area contributed by atoms with Crippen LogP contribution in [0.15, 0.2) is 69.0 Å². The van der Waals surface area contributed by atoms with Gasteiger partial charge in [0.15, 0.2) is 5.82 Å². The van der Waals surface area contributed by atoms with E-state index < -0.39 is 5.76 Å². The van der Waals surface area contributed by atoms with Crippen molar-refractivity contribution in [1.29, 1.82) is 0 Å². The van der Waals surface area contributed by atoms with E-state index in [0.717, 1.165) is 59.2 Å². The monoisotopic (exact) mass is 540 g/mol. The predicted octanol–water partition coefficient (Wildman–Crippen LogP) is 4.57. The highest BCUT2D eigenvalue weighted by Gasteiger charge is 2.33. The summed E-state index contributed by atoms with van der Waals surface area (Å²) in [6, 6.07) is 15.8. The molecule has 1 N–H and O–H groups in total. The molecule has 1 fully saturated rings. The maximum atomic E-state index is 14.2. The molecule has 3 aromatic heterocycles. The van der Waals surface area contributed by atoms with E-state index in [0.29, 0.717) is 24.6 Å². The van der Waals surface area contributed by atoms with Gasteiger partial charge in [0.2, 0.25) is 5.78 Å². The molecule has 5 aromatic rings. The van der Waals surface area contributed by atoms with Crippen molar-refractivity contribution in [3.05, 3.63) is 92.6 Å². The first-order valence-electron chi connectivity index (χ1n) is 13.7. The summed E-state index contributed by atoms with van der Waals surface area (Å²) in [6.07, 6.45) is 5.11. The molecule has 1 atom stereocenters. The summed E-state index contributed by atoms with van der Waals surface area (Å²) in [6.45, 7) is 6.84. The topological polar surface area (TPSA) is 120 Å². The van der Waals surface area contributed by atoms with Crippen molar-refractivity contribution in [3.63, 3.8) is 0 Å². The van der Waals surface area contributed by atoms with Crippen LogP contribution in [-0.4, -0.2) is 41.5 Å². The van der Waals surface area contributed by atoms with Gasteiger partial charge in [-0.2, -0.15) is 10.1 Å². The minimum Gasteiger partial charge on any atom is -0.375 e. The third kappa shape index (κ3) is 4.79. The van der Waals surface area contributed by atoms with Gasteiger partial charge in [-0.25, -0.2) is 9.31 Å². The number of H-pyrrole nitrogens is 1. The second kappa shape index (κ2) is 10.3. The van der Waals surface area contributed by atoms with Crippen molar-refractivity contribution in [3.8, 4) is 22.5 Å². The molecule has 40 heavy (non-hydrogen) atoms. The number of aromatic amines is 1. The Hall–Kier alpha value is -4.31. The molecule has 0 spiro atoms. The average Bonchev–Trinajstić information content (AvgIpc) is 3.60. The molecule has 206 valence electrons. The Labute approximate surface area is 230 Å². The molecule has 0 radical (unpaired) electrons. The highest BCUT2D eigenvalue weighted by molar-refractivity contribution is 5.80. The second-order valence-corrected chi connectivity index (χ2v) is 10.9. The molecule has 0 bridgehead atoms. The van der Waals surface area contributed by atoms with Gasteiger partial charge < -0.3 is 4.74 Å². The summed E-state index contributed by atoms with van der Waals surface area (Å²) in [5, 5.41) is 8.40. The molecule has 1 unspecified atom stereocenters. The van der Waals surface area contributed by atoms with Crippen molar-refractivity contribution in [2.45, 2.75) is 64.5 Å². The number of nitrogens with zero attached hydrogens (tertiary/aromatic N) is 5. The number of rotatable bonds is 7. The Bertz CT molecular complexity index is 1780. The van der Waals surface area contributed by atoms with Crippen molar-refractivity contribution in [1.82, 2.24) is 29.3 Å². The normalized spacial score (nSPS) is 16.9. The number of hydrogen-bond acceptors (Lipinski definition) is 7. The van der Waals surface area contributed by atoms with Crippen LogP contribution in [0.25, 0.3) is 28.3 Å². The second-order valence-electron chi connectivity index (χ2n) is 10.9. The molecule has 0 aliphatic carbocycles. The number of hydrogen-bond donors (Lipinski definition) is 1. The Morgan fingerprint density at radius 3 is 2.55 bits per heavy atom. The lowest BCUT2D eigenvalue weighted by Crippen LogP contribution is -2.40. The quantitative estimate of drug-likeness (QED) is 0.321. The zero-order chi connectivity index (χ0) is 27.9. The lowest BCUT2D eigenvalue weighted by atomic mass is 9.93. The van der Waals surface area contributed by atoms with Crippen LogP contribution in [0, 0.1) is 0 Å². The van der Waals surface area contributed by atoms with Crippen LogP contribution in [0.2, 0.25) is 0 Å². The largest absolute Gasteiger partial charge is 0.439 e. The van der Waals surface area contributed by atoms with E-state index in [2.05, 4.69) is 41.0 Å². The Balaban J connectivity index is 1.39. The standard InChI is InChI=1S/C30H32N6O4/c1-4-7-25-24(27(37)35(28-31-18-32-36(25)28)21-14-15-39-30(2,3)17-21)16-19-10-12-20(13-11-19)22-8-5-6-9-23(22)26-33-29(38)40-34-26/h5-6,8-13,18,21H,4,7,14-17H2,1-3H3,(H,33,34,38). The van der Waals surface area contributed by atoms with Gasteiger partial charge in [-0.1, -0.05) is 67.0 Å². The summed E-state index contributed by atoms with van der Waals surface area (Å²) in [4.78, 5) is 32.8. The molecule has 6 rings (SSSR count). The average molecular weight is 541 g/mol. The van der Waals surface area contributed by atoms with Gasteiger partial charge in [-0.05, 0) is 49.8 Å². The maximum Gasteiger partial charge on any atom is 0.439 e. The van der Waals surface area contributed by atoms with Crippen LogP contribution in [0.3, 0.4) is 0 Å². The van der Waals surface area contributed by atoms with Gasteiger partial charge in [0.25, 0.3) is 5.56 Å². The first-order valence-corrected chi connectivity index (χ1v) is 13.7. The van der Waals surface area contributed by atoms with E-state index in [9.17, 15) is 9.59 Å². The molecule has 1 aliphatic rings. The highest BCUT2D eigenvalue weighted by atomic mass is 16.5. The maximum absolute atomic E-state index is 14.2. The molecule has 1 aliphatic heterocycles. The third-order valence-corrected chi connectivity index (χ3v) is 7.62. The van der Waals surface area contributed by atoms with Gasteiger partial charge in [-0.15, -0.1) is 0 Å². The van der Waals surface area contributed by atoms with E-state index in [1.165, 1.54) is 6.33 Å². The minimum absolute atomic E-state index is 0.00365. The van der Waals surface area contributed by atoms with Crippen LogP contribution in [0.1, 0.15) is 62.9 Å². The van der Waals surface area contributed by atoms with Crippen LogP contribution in [0.4, 0.5) is 0 Å². The van der Waals surface area contributed by atoms with E-state index in [4.69, 9.17) is 9.26 Å². The van der Waals surface area contributed by atoms with E-state index in [-0.39, 0.29) is 17.2 Å². The highest BCUT2D eigenvalue weighted by Crippen LogP contribution is 2.33. The smallest absolute Gasteiger partial charge is 0.375 e. The first kappa shape index (κ1) is 25.9. The van der Waals surface area contributed by atoms with Crippen molar-refractivity contribution in [2.24, 2.45) is 0 Å². The molecule has 1 saturated heterocycles. The van der Waals surface area contributed by atoms with Gasteiger partial charge in [0, 0.05) is 30.2 Å². The lowest BCUT2D eigenvalue weighted by Gasteiger charge is -2.36. The van der Waals surface area contributed by atoms with Crippen LogP contribution < -0.4 is 11.3 Å². The van der Waals surface area contributed by atoms with Crippen molar-refractivity contribution < 1.29 is 9.26 Å². The predicted molar refractivity (Wildman–Crippen MR) is 150 cm³/mol. The summed E-state index contributed by atoms with van der Waals surface area (Å²) in [7, 11) is 0. The third-order valence-electron chi connectivity index (χ3n) is 7.62. The van der Waals surface area contributed by atoms with Gasteiger partial charge >= 0.3 is 5.76 Å². The SMILES string of the molecule is CCCc1c(Cc2ccc(-c3ccccc3-c3noc(=O)[nH]3)cc2)c(=O)n(C2CCOC(C)(C)C2)c2ncnn12. The van der Waals surface area contributed by atoms with E-state index in [1.807, 2.05) is 57.6 Å². The van der Waals surface area contributed by atoms with Crippen molar-refractivity contribution in [2.75, 3.05) is 6.61 Å². The molecule has 0 amide bonds. The Morgan fingerprint density at radius 2 is 1.85 bits per heavy atom. The molecule has 4 heterocycles. The lowest BCUT2D eigenvalue weighted by molar-refractivity contribution is -0.0691. The number of nitrogens with one attached hydrogen (secondary N) is 1. The molecule has 2 aromatic carbocycles. The zero-order valence-corrected chi connectivity index (χ0v) is 22.9. The van der Waals surface area contributed by atoms with Crippen molar-refractivity contribution >= 4 is 5.78 Å². The van der Waals surface area contributed by atoms with E-state index in [1.54, 1.807) is 0 Å². The molecule has 10 nitrogen and oxygen atoms in total. The summed E-state index contributed by atoms with van der Waals surface area (Å²) in [5.74, 6) is 0.381. The number of aryl methyl sites for hydroxylation is 1. The number of ether oxygens (including phenoxy) is 1. The first-order chi connectivity index (χ1) is 19.3. The van der Waals surface area contributed by atoms with E-state index >= 15 is 0 Å². The fourth-order valence-electron chi connectivity index (χ4n) is 5.79. The summed E-state index contributed by atoms with van der Waals surface area (Å²) < 4.78 is 14.4. The fraction of sp³-hybridized carbons (Fsp3) is 0.367. The van der Waals surface area contributed by atoms with Gasteiger partial charge in [0.1, 0.15) is 6.33 Å². The number of fused-ring (bicyclic) bond motifs is 1. The van der Waals surface area contributed by atoms with Crippen LogP contribution in [0.5, 0.6) is 0 Å². The summed E-state index contributed by atoms with van der Waals surface area (Å²) >= 11 is 0. The Kier molecular flexibility index (Phi) is 6.71. The molecular weight excluding hydrogens is 508 g/mol. The number of benzene rings is 2. The zero-order valence-electron chi connectivity index (χ0n) is 22.9.